The van der Waals surface area contributed by atoms with Crippen LogP contribution < -0.4 is 4.90 Å². The van der Waals surface area contributed by atoms with Crippen LogP contribution in [-0.2, 0) is 10.4 Å². The molecule has 130 valence electrons. The van der Waals surface area contributed by atoms with Crippen molar-refractivity contribution < 1.29 is 19.1 Å². The van der Waals surface area contributed by atoms with Crippen molar-refractivity contribution in [3.05, 3.63) is 64.6 Å². The van der Waals surface area contributed by atoms with E-state index in [0.29, 0.717) is 33.2 Å². The van der Waals surface area contributed by atoms with E-state index in [0.717, 1.165) is 0 Å². The summed E-state index contributed by atoms with van der Waals surface area (Å²) in [5, 5.41) is 11.5. The predicted octanol–water partition coefficient (Wildman–Crippen LogP) is 3.54. The molecule has 0 fully saturated rings. The summed E-state index contributed by atoms with van der Waals surface area (Å²) in [6, 6.07) is 4.83. The number of aryl methyl sites for hydroxylation is 2. The lowest BCUT2D eigenvalue weighted by Crippen LogP contribution is -2.42. The SMILES string of the molecule is C=CCN1C(=O)C(O)(CC(=O)c2c(C)coc2C)c2cc(Cl)ccc21. The van der Waals surface area contributed by atoms with Gasteiger partial charge in [-0.2, -0.15) is 0 Å². The van der Waals surface area contributed by atoms with Gasteiger partial charge in [-0.15, -0.1) is 6.58 Å². The van der Waals surface area contributed by atoms with Crippen LogP contribution in [0.4, 0.5) is 5.69 Å². The number of aliphatic hydroxyl groups is 1. The minimum Gasteiger partial charge on any atom is -0.469 e. The van der Waals surface area contributed by atoms with Gasteiger partial charge in [0.05, 0.1) is 23.9 Å². The summed E-state index contributed by atoms with van der Waals surface area (Å²) in [4.78, 5) is 27.0. The minimum absolute atomic E-state index is 0.230. The van der Waals surface area contributed by atoms with Crippen LogP contribution in [0.1, 0.15) is 33.7 Å². The molecule has 1 unspecified atom stereocenters. The molecule has 0 bridgehead atoms. The molecule has 1 aliphatic heterocycles. The van der Waals surface area contributed by atoms with Gasteiger partial charge in [0.25, 0.3) is 5.91 Å². The first-order valence-corrected chi connectivity index (χ1v) is 8.20. The van der Waals surface area contributed by atoms with Crippen LogP contribution in [-0.4, -0.2) is 23.3 Å². The maximum Gasteiger partial charge on any atom is 0.264 e. The summed E-state index contributed by atoms with van der Waals surface area (Å²) < 4.78 is 5.26. The second kappa shape index (κ2) is 6.17. The second-order valence-electron chi connectivity index (χ2n) is 6.18. The van der Waals surface area contributed by atoms with Crippen molar-refractivity contribution in [3.63, 3.8) is 0 Å². The van der Waals surface area contributed by atoms with E-state index in [1.807, 2.05) is 0 Å². The van der Waals surface area contributed by atoms with Gasteiger partial charge in [-0.05, 0) is 37.6 Å². The van der Waals surface area contributed by atoms with Crippen molar-refractivity contribution in [2.24, 2.45) is 0 Å². The van der Waals surface area contributed by atoms with E-state index in [2.05, 4.69) is 6.58 Å². The fraction of sp³-hybridized carbons (Fsp3) is 0.263. The largest absolute Gasteiger partial charge is 0.469 e. The Hall–Kier alpha value is -2.37. The molecule has 0 radical (unpaired) electrons. The summed E-state index contributed by atoms with van der Waals surface area (Å²) in [7, 11) is 0. The standard InChI is InChI=1S/C19H18ClNO4/c1-4-7-21-15-6-5-13(20)8-14(15)19(24,18(21)23)9-16(22)17-11(2)10-25-12(17)3/h4-6,8,10,24H,1,7,9H2,2-3H3. The van der Waals surface area contributed by atoms with Crippen LogP contribution in [0.5, 0.6) is 0 Å². The summed E-state index contributed by atoms with van der Waals surface area (Å²) in [6.45, 7) is 7.30. The van der Waals surface area contributed by atoms with Gasteiger partial charge in [0, 0.05) is 17.1 Å². The Labute approximate surface area is 150 Å². The van der Waals surface area contributed by atoms with Crippen LogP contribution >= 0.6 is 11.6 Å². The van der Waals surface area contributed by atoms with E-state index in [-0.39, 0.29) is 18.7 Å². The molecule has 2 heterocycles. The van der Waals surface area contributed by atoms with Crippen molar-refractivity contribution in [1.29, 1.82) is 0 Å². The Kier molecular flexibility index (Phi) is 4.31. The number of benzene rings is 1. The normalized spacial score (nSPS) is 19.2. The molecular formula is C19H18ClNO4. The third kappa shape index (κ3) is 2.69. The van der Waals surface area contributed by atoms with E-state index in [1.54, 1.807) is 32.1 Å². The minimum atomic E-state index is -1.96. The number of fused-ring (bicyclic) bond motifs is 1. The van der Waals surface area contributed by atoms with Crippen LogP contribution in [0.3, 0.4) is 0 Å². The summed E-state index contributed by atoms with van der Waals surface area (Å²) in [6.07, 6.45) is 2.67. The quantitative estimate of drug-likeness (QED) is 0.654. The summed E-state index contributed by atoms with van der Waals surface area (Å²) in [5.74, 6) is -0.450. The molecule has 25 heavy (non-hydrogen) atoms. The average Bonchev–Trinajstić information content (AvgIpc) is 2.99. The predicted molar refractivity (Wildman–Crippen MR) is 95.0 cm³/mol. The molecule has 6 heteroatoms. The van der Waals surface area contributed by atoms with Crippen molar-refractivity contribution in [1.82, 2.24) is 0 Å². The van der Waals surface area contributed by atoms with E-state index in [9.17, 15) is 14.7 Å². The Morgan fingerprint density at radius 1 is 1.44 bits per heavy atom. The maximum absolute atomic E-state index is 12.9. The number of hydrogen-bond donors (Lipinski definition) is 1. The van der Waals surface area contributed by atoms with E-state index < -0.39 is 11.5 Å². The molecule has 1 atom stereocenters. The summed E-state index contributed by atoms with van der Waals surface area (Å²) in [5.41, 5.74) is -0.0294. The van der Waals surface area contributed by atoms with Crippen LogP contribution in [0.2, 0.25) is 5.02 Å². The molecule has 3 rings (SSSR count). The zero-order valence-corrected chi connectivity index (χ0v) is 14.8. The fourth-order valence-electron chi connectivity index (χ4n) is 3.31. The molecule has 0 spiro atoms. The first-order chi connectivity index (χ1) is 11.8. The van der Waals surface area contributed by atoms with Gasteiger partial charge in [0.1, 0.15) is 5.76 Å². The molecular weight excluding hydrogens is 342 g/mol. The number of furan rings is 1. The first-order valence-electron chi connectivity index (χ1n) is 7.82. The van der Waals surface area contributed by atoms with Crippen LogP contribution in [0, 0.1) is 13.8 Å². The monoisotopic (exact) mass is 359 g/mol. The third-order valence-electron chi connectivity index (χ3n) is 4.46. The van der Waals surface area contributed by atoms with Crippen LogP contribution in [0.25, 0.3) is 0 Å². The maximum atomic E-state index is 12.9. The Balaban J connectivity index is 2.05. The second-order valence-corrected chi connectivity index (χ2v) is 6.61. The molecule has 1 aromatic carbocycles. The van der Waals surface area contributed by atoms with Crippen molar-refractivity contribution in [3.8, 4) is 0 Å². The zero-order chi connectivity index (χ0) is 18.4. The number of ketones is 1. The van der Waals surface area contributed by atoms with Crippen molar-refractivity contribution >= 4 is 29.0 Å². The molecule has 1 amide bonds. The van der Waals surface area contributed by atoms with Crippen molar-refractivity contribution in [2.75, 3.05) is 11.4 Å². The van der Waals surface area contributed by atoms with Gasteiger partial charge in [0.15, 0.2) is 11.4 Å². The fourth-order valence-corrected chi connectivity index (χ4v) is 3.49. The number of carbonyl (C=O) groups is 2. The highest BCUT2D eigenvalue weighted by Crippen LogP contribution is 2.44. The number of anilines is 1. The molecule has 2 aromatic rings. The van der Waals surface area contributed by atoms with Gasteiger partial charge in [-0.3, -0.25) is 9.59 Å². The lowest BCUT2D eigenvalue weighted by molar-refractivity contribution is -0.135. The molecule has 1 aliphatic rings. The van der Waals surface area contributed by atoms with E-state index >= 15 is 0 Å². The number of carbonyl (C=O) groups excluding carboxylic acids is 2. The molecule has 0 saturated heterocycles. The number of amides is 1. The lowest BCUT2D eigenvalue weighted by atomic mass is 9.87. The van der Waals surface area contributed by atoms with Gasteiger partial charge < -0.3 is 14.4 Å². The summed E-state index contributed by atoms with van der Waals surface area (Å²) >= 11 is 6.05. The van der Waals surface area contributed by atoms with Gasteiger partial charge in [-0.1, -0.05) is 17.7 Å². The smallest absolute Gasteiger partial charge is 0.264 e. The highest BCUT2D eigenvalue weighted by atomic mass is 35.5. The van der Waals surface area contributed by atoms with Gasteiger partial charge >= 0.3 is 0 Å². The topological polar surface area (TPSA) is 70.8 Å². The molecule has 0 aliphatic carbocycles. The lowest BCUT2D eigenvalue weighted by Gasteiger charge is -2.22. The number of hydrogen-bond acceptors (Lipinski definition) is 4. The van der Waals surface area contributed by atoms with Gasteiger partial charge in [-0.25, -0.2) is 0 Å². The average molecular weight is 360 g/mol. The van der Waals surface area contributed by atoms with E-state index in [4.69, 9.17) is 16.0 Å². The van der Waals surface area contributed by atoms with Crippen LogP contribution in [0.15, 0.2) is 41.5 Å². The number of halogens is 1. The number of Topliss-reactive ketones (excluding diaryl/α,β-unsaturated/α-hetero) is 1. The molecule has 1 N–H and O–H groups in total. The van der Waals surface area contributed by atoms with Gasteiger partial charge in [0.2, 0.25) is 0 Å². The number of rotatable bonds is 5. The highest BCUT2D eigenvalue weighted by molar-refractivity contribution is 6.31. The molecule has 1 aromatic heterocycles. The Morgan fingerprint density at radius 2 is 2.16 bits per heavy atom. The highest BCUT2D eigenvalue weighted by Gasteiger charge is 2.51. The molecule has 5 nitrogen and oxygen atoms in total. The Bertz CT molecular complexity index is 866. The third-order valence-corrected chi connectivity index (χ3v) is 4.69. The molecule has 0 saturated carbocycles. The van der Waals surface area contributed by atoms with E-state index in [1.165, 1.54) is 17.2 Å². The number of nitrogens with zero attached hydrogens (tertiary/aromatic N) is 1. The van der Waals surface area contributed by atoms with Crippen molar-refractivity contribution in [2.45, 2.75) is 25.9 Å². The first kappa shape index (κ1) is 17.5. The Morgan fingerprint density at radius 3 is 2.76 bits per heavy atom. The zero-order valence-electron chi connectivity index (χ0n) is 14.0.